The Hall–Kier alpha value is 0.0300. The van der Waals surface area contributed by atoms with Gasteiger partial charge in [-0.3, -0.25) is 0 Å². The van der Waals surface area contributed by atoms with E-state index in [1.807, 2.05) is 13.0 Å². The van der Waals surface area contributed by atoms with Crippen LogP contribution in [0.3, 0.4) is 0 Å². The molecule has 0 aromatic carbocycles. The molecule has 1 heteroatoms. The summed E-state index contributed by atoms with van der Waals surface area (Å²) < 4.78 is 0. The molecule has 1 fully saturated rings. The van der Waals surface area contributed by atoms with Crippen LogP contribution >= 0.6 is 11.6 Å². The first-order valence-electron chi connectivity index (χ1n) is 2.66. The van der Waals surface area contributed by atoms with Crippen molar-refractivity contribution in [3.63, 3.8) is 0 Å². The zero-order valence-corrected chi connectivity index (χ0v) is 5.20. The minimum Gasteiger partial charge on any atom is -0.0892 e. The molecule has 0 nitrogen and oxygen atoms in total. The fourth-order valence-electron chi connectivity index (χ4n) is 0.595. The number of allylic oxidation sites excluding steroid dienone is 2. The van der Waals surface area contributed by atoms with Crippen LogP contribution in [0.4, 0.5) is 0 Å². The standard InChI is InChI=1S/C6H9Cl/c1-2-6(7)5-3-4-5/h2,5H,3-4H2,1H3/b6-2-. The highest BCUT2D eigenvalue weighted by Gasteiger charge is 2.23. The van der Waals surface area contributed by atoms with E-state index in [9.17, 15) is 0 Å². The second-order valence-corrected chi connectivity index (χ2v) is 2.38. The fraction of sp³-hybridized carbons (Fsp3) is 0.667. The van der Waals surface area contributed by atoms with Crippen molar-refractivity contribution in [3.8, 4) is 0 Å². The van der Waals surface area contributed by atoms with Gasteiger partial charge in [-0.2, -0.15) is 0 Å². The van der Waals surface area contributed by atoms with Crippen LogP contribution in [-0.2, 0) is 0 Å². The summed E-state index contributed by atoms with van der Waals surface area (Å²) in [5.41, 5.74) is 0. The van der Waals surface area contributed by atoms with Crippen molar-refractivity contribution < 1.29 is 0 Å². The second kappa shape index (κ2) is 1.87. The van der Waals surface area contributed by atoms with Crippen molar-refractivity contribution in [2.75, 3.05) is 0 Å². The third-order valence-electron chi connectivity index (χ3n) is 1.24. The quantitative estimate of drug-likeness (QED) is 0.494. The van der Waals surface area contributed by atoms with Gasteiger partial charge >= 0.3 is 0 Å². The Kier molecular flexibility index (Phi) is 1.38. The molecule has 0 bridgehead atoms. The summed E-state index contributed by atoms with van der Waals surface area (Å²) in [4.78, 5) is 0. The van der Waals surface area contributed by atoms with Crippen LogP contribution in [0.25, 0.3) is 0 Å². The van der Waals surface area contributed by atoms with Gasteiger partial charge in [-0.25, -0.2) is 0 Å². The third-order valence-corrected chi connectivity index (χ3v) is 1.77. The van der Waals surface area contributed by atoms with Crippen LogP contribution in [0.2, 0.25) is 0 Å². The van der Waals surface area contributed by atoms with E-state index in [0.29, 0.717) is 0 Å². The average molecular weight is 117 g/mol. The van der Waals surface area contributed by atoms with Crippen molar-refractivity contribution in [1.29, 1.82) is 0 Å². The van der Waals surface area contributed by atoms with E-state index in [-0.39, 0.29) is 0 Å². The number of hydrogen-bond donors (Lipinski definition) is 0. The monoisotopic (exact) mass is 116 g/mol. The minimum absolute atomic E-state index is 0.742. The van der Waals surface area contributed by atoms with Crippen LogP contribution in [0.15, 0.2) is 11.1 Å². The van der Waals surface area contributed by atoms with Gasteiger partial charge in [0.15, 0.2) is 0 Å². The number of halogens is 1. The molecular formula is C6H9Cl. The largest absolute Gasteiger partial charge is 0.0892 e. The zero-order chi connectivity index (χ0) is 5.28. The maximum Gasteiger partial charge on any atom is 0.0169 e. The molecule has 0 aliphatic heterocycles. The highest BCUT2D eigenvalue weighted by atomic mass is 35.5. The van der Waals surface area contributed by atoms with Crippen LogP contribution < -0.4 is 0 Å². The summed E-state index contributed by atoms with van der Waals surface area (Å²) in [5, 5.41) is 1.06. The SMILES string of the molecule is C/C=C(\Cl)C1CC1. The first-order valence-corrected chi connectivity index (χ1v) is 3.04. The van der Waals surface area contributed by atoms with Crippen molar-refractivity contribution >= 4 is 11.6 Å². The lowest BCUT2D eigenvalue weighted by Crippen LogP contribution is -1.68. The topological polar surface area (TPSA) is 0 Å². The Labute approximate surface area is 49.2 Å². The fourth-order valence-corrected chi connectivity index (χ4v) is 0.813. The maximum atomic E-state index is 5.72. The van der Waals surface area contributed by atoms with Crippen LogP contribution in [0.1, 0.15) is 19.8 Å². The van der Waals surface area contributed by atoms with E-state index in [1.54, 1.807) is 0 Å². The lowest BCUT2D eigenvalue weighted by Gasteiger charge is -1.85. The summed E-state index contributed by atoms with van der Waals surface area (Å²) in [6.07, 6.45) is 4.60. The van der Waals surface area contributed by atoms with E-state index in [1.165, 1.54) is 12.8 Å². The lowest BCUT2D eigenvalue weighted by molar-refractivity contribution is 1.09. The molecule has 0 spiro atoms. The molecule has 0 radical (unpaired) electrons. The summed E-state index contributed by atoms with van der Waals surface area (Å²) in [5.74, 6) is 0.742. The van der Waals surface area contributed by atoms with Crippen LogP contribution in [0, 0.1) is 5.92 Å². The maximum absolute atomic E-state index is 5.72. The van der Waals surface area contributed by atoms with Gasteiger partial charge in [-0.15, -0.1) is 0 Å². The number of rotatable bonds is 1. The first-order chi connectivity index (χ1) is 3.34. The summed E-state index contributed by atoms with van der Waals surface area (Å²) in [6.45, 7) is 1.99. The molecule has 0 unspecified atom stereocenters. The third kappa shape index (κ3) is 1.20. The van der Waals surface area contributed by atoms with Crippen molar-refractivity contribution in [2.24, 2.45) is 5.92 Å². The Bertz CT molecular complexity index is 90.4. The van der Waals surface area contributed by atoms with Gasteiger partial charge in [-0.1, -0.05) is 17.7 Å². The van der Waals surface area contributed by atoms with E-state index >= 15 is 0 Å². The Morgan fingerprint density at radius 3 is 2.43 bits per heavy atom. The van der Waals surface area contributed by atoms with Gasteiger partial charge in [0.2, 0.25) is 0 Å². The van der Waals surface area contributed by atoms with Gasteiger partial charge < -0.3 is 0 Å². The number of hydrogen-bond acceptors (Lipinski definition) is 0. The van der Waals surface area contributed by atoms with Gasteiger partial charge in [0.05, 0.1) is 0 Å². The molecule has 1 rings (SSSR count). The second-order valence-electron chi connectivity index (χ2n) is 1.95. The van der Waals surface area contributed by atoms with Crippen LogP contribution in [-0.4, -0.2) is 0 Å². The molecule has 40 valence electrons. The molecule has 1 saturated carbocycles. The average Bonchev–Trinajstić information content (AvgIpc) is 2.44. The molecular weight excluding hydrogens is 108 g/mol. The summed E-state index contributed by atoms with van der Waals surface area (Å²) >= 11 is 5.72. The summed E-state index contributed by atoms with van der Waals surface area (Å²) in [7, 11) is 0. The van der Waals surface area contributed by atoms with Gasteiger partial charge in [0.25, 0.3) is 0 Å². The zero-order valence-electron chi connectivity index (χ0n) is 4.45. The predicted molar refractivity (Wildman–Crippen MR) is 32.3 cm³/mol. The molecule has 0 heterocycles. The molecule has 0 atom stereocenters. The van der Waals surface area contributed by atoms with E-state index < -0.39 is 0 Å². The molecule has 0 aromatic rings. The molecule has 1 aliphatic carbocycles. The molecule has 0 saturated heterocycles. The highest BCUT2D eigenvalue weighted by Crippen LogP contribution is 2.38. The van der Waals surface area contributed by atoms with E-state index in [0.717, 1.165) is 11.0 Å². The molecule has 7 heavy (non-hydrogen) atoms. The van der Waals surface area contributed by atoms with Crippen molar-refractivity contribution in [3.05, 3.63) is 11.1 Å². The van der Waals surface area contributed by atoms with Gasteiger partial charge in [0.1, 0.15) is 0 Å². The van der Waals surface area contributed by atoms with Crippen molar-refractivity contribution in [2.45, 2.75) is 19.8 Å². The summed E-state index contributed by atoms with van der Waals surface area (Å²) in [6, 6.07) is 0. The lowest BCUT2D eigenvalue weighted by atomic mass is 10.4. The predicted octanol–water partition coefficient (Wildman–Crippen LogP) is 2.54. The highest BCUT2D eigenvalue weighted by molar-refractivity contribution is 6.30. The normalized spacial score (nSPS) is 22.9. The van der Waals surface area contributed by atoms with Crippen LogP contribution in [0.5, 0.6) is 0 Å². The smallest absolute Gasteiger partial charge is 0.0169 e. The van der Waals surface area contributed by atoms with Gasteiger partial charge in [0, 0.05) is 5.03 Å². The Balaban J connectivity index is 2.37. The van der Waals surface area contributed by atoms with Gasteiger partial charge in [-0.05, 0) is 25.7 Å². The first kappa shape index (κ1) is 5.17. The minimum atomic E-state index is 0.742. The Morgan fingerprint density at radius 2 is 2.29 bits per heavy atom. The molecule has 1 aliphatic rings. The molecule has 0 N–H and O–H groups in total. The van der Waals surface area contributed by atoms with Crippen molar-refractivity contribution in [1.82, 2.24) is 0 Å². The van der Waals surface area contributed by atoms with E-state index in [4.69, 9.17) is 11.6 Å². The Morgan fingerprint density at radius 1 is 1.71 bits per heavy atom. The molecule has 0 aromatic heterocycles. The molecule has 0 amide bonds. The van der Waals surface area contributed by atoms with E-state index in [2.05, 4.69) is 0 Å².